The molecular weight excluding hydrogens is 338 g/mol. The topological polar surface area (TPSA) is 42.2 Å². The van der Waals surface area contributed by atoms with Gasteiger partial charge in [0.15, 0.2) is 0 Å². The van der Waals surface area contributed by atoms with Gasteiger partial charge in [-0.1, -0.05) is 23.2 Å². The Kier molecular flexibility index (Phi) is 3.47. The van der Waals surface area contributed by atoms with Crippen molar-refractivity contribution in [3.63, 3.8) is 0 Å². The molecule has 0 aromatic heterocycles. The largest absolute Gasteiger partial charge is 0.451 e. The number of hydrogen-bond acceptors (Lipinski definition) is 3. The third-order valence-corrected chi connectivity index (χ3v) is 2.99. The average molecular weight is 338 g/mol. The molecule has 0 radical (unpaired) electrons. The van der Waals surface area contributed by atoms with E-state index < -0.39 is 27.7 Å². The standard InChI is InChI=1S/C6Cl3F6NO2/c7-4(8)5(9,12)18-3(17-4,6(13,14)15)2(10,11)1-16. The molecule has 104 valence electrons. The molecule has 1 aliphatic rings. The monoisotopic (exact) mass is 337 g/mol. The van der Waals surface area contributed by atoms with E-state index in [-0.39, 0.29) is 6.07 Å². The summed E-state index contributed by atoms with van der Waals surface area (Å²) in [6.45, 7) is 0. The Balaban J connectivity index is 3.44. The number of hydrogen-bond donors (Lipinski definition) is 0. The van der Waals surface area contributed by atoms with Crippen LogP contribution in [0.15, 0.2) is 0 Å². The van der Waals surface area contributed by atoms with Crippen LogP contribution in [0.25, 0.3) is 0 Å². The molecule has 0 aromatic rings. The number of ether oxygens (including phenoxy) is 2. The first kappa shape index (κ1) is 15.9. The Morgan fingerprint density at radius 3 is 1.67 bits per heavy atom. The summed E-state index contributed by atoms with van der Waals surface area (Å²) in [5.41, 5.74) is 0. The van der Waals surface area contributed by atoms with Crippen LogP contribution in [0, 0.1) is 11.3 Å². The molecule has 2 atom stereocenters. The molecule has 12 heteroatoms. The summed E-state index contributed by atoms with van der Waals surface area (Å²) in [5, 5.41) is 3.88. The normalized spacial score (nSPS) is 36.4. The Labute approximate surface area is 110 Å². The zero-order chi connectivity index (χ0) is 14.6. The third-order valence-electron chi connectivity index (χ3n) is 1.81. The van der Waals surface area contributed by atoms with Gasteiger partial charge in [0.1, 0.15) is 6.07 Å². The molecular formula is C6Cl3F6NO2. The Bertz CT molecular complexity index is 387. The van der Waals surface area contributed by atoms with Gasteiger partial charge in [-0.2, -0.15) is 31.6 Å². The van der Waals surface area contributed by atoms with Gasteiger partial charge in [-0.15, -0.1) is 0 Å². The van der Waals surface area contributed by atoms with Crippen molar-refractivity contribution < 1.29 is 35.8 Å². The average Bonchev–Trinajstić information content (AvgIpc) is 2.33. The van der Waals surface area contributed by atoms with Crippen LogP contribution in [0.1, 0.15) is 0 Å². The van der Waals surface area contributed by atoms with Gasteiger partial charge in [-0.05, 0) is 11.6 Å². The van der Waals surface area contributed by atoms with Gasteiger partial charge in [-0.3, -0.25) is 9.47 Å². The van der Waals surface area contributed by atoms with E-state index in [9.17, 15) is 26.3 Å². The summed E-state index contributed by atoms with van der Waals surface area (Å²) in [4.78, 5) is 0. The van der Waals surface area contributed by atoms with Crippen molar-refractivity contribution >= 4 is 34.8 Å². The molecule has 1 aliphatic heterocycles. The van der Waals surface area contributed by atoms with Gasteiger partial charge >= 0.3 is 23.2 Å². The smallest absolute Gasteiger partial charge is 0.294 e. The first-order chi connectivity index (χ1) is 7.72. The minimum Gasteiger partial charge on any atom is -0.294 e. The predicted molar refractivity (Wildman–Crippen MR) is 45.6 cm³/mol. The van der Waals surface area contributed by atoms with Crippen LogP contribution in [0.5, 0.6) is 0 Å². The van der Waals surface area contributed by atoms with E-state index in [1.165, 1.54) is 0 Å². The van der Waals surface area contributed by atoms with E-state index in [4.69, 9.17) is 40.1 Å². The molecule has 3 nitrogen and oxygen atoms in total. The highest BCUT2D eigenvalue weighted by Gasteiger charge is 2.85. The maximum atomic E-state index is 13.3. The molecule has 2 unspecified atom stereocenters. The van der Waals surface area contributed by atoms with E-state index in [0.717, 1.165) is 0 Å². The fourth-order valence-electron chi connectivity index (χ4n) is 0.996. The van der Waals surface area contributed by atoms with Crippen molar-refractivity contribution in [3.05, 3.63) is 0 Å². The van der Waals surface area contributed by atoms with Gasteiger partial charge in [0.05, 0.1) is 0 Å². The second-order valence-corrected chi connectivity index (χ2v) is 4.78. The van der Waals surface area contributed by atoms with Crippen molar-refractivity contribution in [1.82, 2.24) is 0 Å². The van der Waals surface area contributed by atoms with Crippen molar-refractivity contribution in [3.8, 4) is 6.07 Å². The zero-order valence-corrected chi connectivity index (χ0v) is 9.93. The highest BCUT2D eigenvalue weighted by atomic mass is 35.5. The summed E-state index contributed by atoms with van der Waals surface area (Å²) in [5.74, 6) is -10.4. The number of rotatable bonds is 1. The maximum absolute atomic E-state index is 13.3. The molecule has 1 fully saturated rings. The van der Waals surface area contributed by atoms with Crippen LogP contribution in [0.3, 0.4) is 0 Å². The minimum absolute atomic E-state index is 0.0397. The Morgan fingerprint density at radius 2 is 1.44 bits per heavy atom. The molecule has 1 heterocycles. The van der Waals surface area contributed by atoms with Gasteiger partial charge in [0.2, 0.25) is 0 Å². The highest BCUT2D eigenvalue weighted by Crippen LogP contribution is 2.61. The fourth-order valence-corrected chi connectivity index (χ4v) is 1.44. The number of alkyl halides is 9. The lowest BCUT2D eigenvalue weighted by Gasteiger charge is -2.32. The summed E-state index contributed by atoms with van der Waals surface area (Å²) in [6.07, 6.45) is -6.04. The molecule has 0 N–H and O–H groups in total. The molecule has 0 amide bonds. The van der Waals surface area contributed by atoms with Crippen LogP contribution in [-0.2, 0) is 9.47 Å². The molecule has 0 bridgehead atoms. The van der Waals surface area contributed by atoms with Crippen molar-refractivity contribution in [2.45, 2.75) is 27.7 Å². The fraction of sp³-hybridized carbons (Fsp3) is 0.833. The van der Waals surface area contributed by atoms with E-state index in [0.29, 0.717) is 0 Å². The van der Waals surface area contributed by atoms with Gasteiger partial charge in [-0.25, -0.2) is 0 Å². The summed E-state index contributed by atoms with van der Waals surface area (Å²) >= 11 is 14.5. The van der Waals surface area contributed by atoms with Crippen molar-refractivity contribution in [2.75, 3.05) is 0 Å². The summed E-state index contributed by atoms with van der Waals surface area (Å²) in [7, 11) is 0. The lowest BCUT2D eigenvalue weighted by molar-refractivity contribution is -0.409. The lowest BCUT2D eigenvalue weighted by Crippen LogP contribution is -2.60. The Hall–Kier alpha value is -0.140. The lowest BCUT2D eigenvalue weighted by atomic mass is 10.1. The molecule has 0 saturated carbocycles. The molecule has 0 aliphatic carbocycles. The van der Waals surface area contributed by atoms with Crippen LogP contribution < -0.4 is 0 Å². The van der Waals surface area contributed by atoms with E-state index in [1.807, 2.05) is 0 Å². The summed E-state index contributed by atoms with van der Waals surface area (Å²) in [6, 6.07) is -0.0397. The van der Waals surface area contributed by atoms with Gasteiger partial charge < -0.3 is 0 Å². The zero-order valence-electron chi connectivity index (χ0n) is 7.67. The minimum atomic E-state index is -6.04. The second kappa shape index (κ2) is 3.93. The quantitative estimate of drug-likeness (QED) is 0.543. The Morgan fingerprint density at radius 1 is 1.00 bits per heavy atom. The van der Waals surface area contributed by atoms with E-state index in [1.54, 1.807) is 0 Å². The first-order valence-electron chi connectivity index (χ1n) is 3.74. The van der Waals surface area contributed by atoms with Crippen molar-refractivity contribution in [2.24, 2.45) is 0 Å². The molecule has 1 rings (SSSR count). The third kappa shape index (κ3) is 2.00. The van der Waals surface area contributed by atoms with Crippen LogP contribution in [0.2, 0.25) is 0 Å². The first-order valence-corrected chi connectivity index (χ1v) is 4.87. The predicted octanol–water partition coefficient (Wildman–Crippen LogP) is 3.44. The van der Waals surface area contributed by atoms with Crippen LogP contribution in [-0.4, -0.2) is 27.7 Å². The van der Waals surface area contributed by atoms with E-state index >= 15 is 0 Å². The summed E-state index contributed by atoms with van der Waals surface area (Å²) < 4.78 is 80.2. The van der Waals surface area contributed by atoms with Gasteiger partial charge in [0.25, 0.3) is 4.52 Å². The number of nitrogens with zero attached hydrogens (tertiary/aromatic N) is 1. The van der Waals surface area contributed by atoms with Crippen molar-refractivity contribution in [1.29, 1.82) is 5.26 Å². The maximum Gasteiger partial charge on any atom is 0.451 e. The molecule has 0 spiro atoms. The van der Waals surface area contributed by atoms with Gasteiger partial charge in [0, 0.05) is 0 Å². The van der Waals surface area contributed by atoms with E-state index in [2.05, 4.69) is 9.47 Å². The van der Waals surface area contributed by atoms with Crippen LogP contribution >= 0.6 is 34.8 Å². The highest BCUT2D eigenvalue weighted by molar-refractivity contribution is 6.51. The molecule has 0 aromatic carbocycles. The molecule has 1 saturated heterocycles. The van der Waals surface area contributed by atoms with Crippen LogP contribution in [0.4, 0.5) is 26.3 Å². The number of halogens is 9. The second-order valence-electron chi connectivity index (χ2n) is 3.04. The number of nitriles is 1. The molecule has 18 heavy (non-hydrogen) atoms. The SMILES string of the molecule is N#CC(F)(F)C1(C(F)(F)F)OC(F)(Cl)C(Cl)(Cl)O1.